The van der Waals surface area contributed by atoms with Gasteiger partial charge in [-0.3, -0.25) is 0 Å². The summed E-state index contributed by atoms with van der Waals surface area (Å²) in [6, 6.07) is 8.98. The summed E-state index contributed by atoms with van der Waals surface area (Å²) in [7, 11) is 1.73. The van der Waals surface area contributed by atoms with Gasteiger partial charge in [0.05, 0.1) is 7.11 Å². The molecule has 3 nitrogen and oxygen atoms in total. The first-order valence-corrected chi connectivity index (χ1v) is 7.58. The molecule has 1 aliphatic heterocycles. The van der Waals surface area contributed by atoms with Crippen molar-refractivity contribution in [1.29, 1.82) is 0 Å². The van der Waals surface area contributed by atoms with E-state index in [4.69, 9.17) is 9.47 Å². The number of methoxy groups -OCH3 is 1. The van der Waals surface area contributed by atoms with Crippen molar-refractivity contribution in [3.05, 3.63) is 29.8 Å². The fourth-order valence-electron chi connectivity index (χ4n) is 2.86. The summed E-state index contributed by atoms with van der Waals surface area (Å²) in [5, 5.41) is 3.62. The van der Waals surface area contributed by atoms with Gasteiger partial charge in [0.25, 0.3) is 0 Å². The zero-order valence-electron chi connectivity index (χ0n) is 12.9. The van der Waals surface area contributed by atoms with E-state index in [0.717, 1.165) is 44.8 Å². The SMILES string of the molecule is COc1cccc(CC2(CNC(C)C)CCOCC2)c1. The number of ether oxygens (including phenoxy) is 2. The number of hydrogen-bond acceptors (Lipinski definition) is 3. The molecule has 0 radical (unpaired) electrons. The molecule has 0 aromatic heterocycles. The lowest BCUT2D eigenvalue weighted by molar-refractivity contribution is 0.0140. The summed E-state index contributed by atoms with van der Waals surface area (Å²) in [6.45, 7) is 7.23. The van der Waals surface area contributed by atoms with E-state index in [1.54, 1.807) is 7.11 Å². The van der Waals surface area contributed by atoms with Crippen LogP contribution in [0.2, 0.25) is 0 Å². The molecule has 0 saturated carbocycles. The van der Waals surface area contributed by atoms with Gasteiger partial charge < -0.3 is 14.8 Å². The first-order chi connectivity index (χ1) is 9.63. The largest absolute Gasteiger partial charge is 0.497 e. The molecule has 1 saturated heterocycles. The van der Waals surface area contributed by atoms with Gasteiger partial charge in [0.2, 0.25) is 0 Å². The Morgan fingerprint density at radius 3 is 2.70 bits per heavy atom. The summed E-state index contributed by atoms with van der Waals surface area (Å²) in [4.78, 5) is 0. The highest BCUT2D eigenvalue weighted by Crippen LogP contribution is 2.34. The number of rotatable bonds is 6. The quantitative estimate of drug-likeness (QED) is 0.867. The van der Waals surface area contributed by atoms with Crippen LogP contribution in [0.3, 0.4) is 0 Å². The minimum Gasteiger partial charge on any atom is -0.497 e. The molecule has 1 heterocycles. The predicted molar refractivity (Wildman–Crippen MR) is 82.3 cm³/mol. The Bertz CT molecular complexity index is 411. The van der Waals surface area contributed by atoms with Crippen LogP contribution in [-0.4, -0.2) is 32.9 Å². The van der Waals surface area contributed by atoms with Gasteiger partial charge in [-0.05, 0) is 42.4 Å². The molecule has 0 aliphatic carbocycles. The summed E-state index contributed by atoms with van der Waals surface area (Å²) in [5.74, 6) is 0.946. The lowest BCUT2D eigenvalue weighted by Gasteiger charge is -2.38. The Hall–Kier alpha value is -1.06. The van der Waals surface area contributed by atoms with Crippen molar-refractivity contribution in [2.24, 2.45) is 5.41 Å². The van der Waals surface area contributed by atoms with E-state index in [2.05, 4.69) is 37.4 Å². The summed E-state index contributed by atoms with van der Waals surface area (Å²) in [6.07, 6.45) is 3.35. The Morgan fingerprint density at radius 2 is 2.05 bits per heavy atom. The van der Waals surface area contributed by atoms with Crippen LogP contribution in [0.25, 0.3) is 0 Å². The Morgan fingerprint density at radius 1 is 1.30 bits per heavy atom. The Balaban J connectivity index is 2.09. The second kappa shape index (κ2) is 7.09. The van der Waals surface area contributed by atoms with E-state index in [-0.39, 0.29) is 0 Å². The highest BCUT2D eigenvalue weighted by atomic mass is 16.5. The van der Waals surface area contributed by atoms with Gasteiger partial charge in [-0.25, -0.2) is 0 Å². The first kappa shape index (κ1) is 15.3. The molecule has 0 bridgehead atoms. The van der Waals surface area contributed by atoms with Crippen LogP contribution in [0.5, 0.6) is 5.75 Å². The van der Waals surface area contributed by atoms with Gasteiger partial charge in [0.15, 0.2) is 0 Å². The fraction of sp³-hybridized carbons (Fsp3) is 0.647. The van der Waals surface area contributed by atoms with Crippen LogP contribution in [0.4, 0.5) is 0 Å². The fourth-order valence-corrected chi connectivity index (χ4v) is 2.86. The van der Waals surface area contributed by atoms with Gasteiger partial charge in [0, 0.05) is 25.8 Å². The molecular weight excluding hydrogens is 250 g/mol. The van der Waals surface area contributed by atoms with E-state index in [1.165, 1.54) is 5.56 Å². The van der Waals surface area contributed by atoms with Gasteiger partial charge in [-0.15, -0.1) is 0 Å². The Labute approximate surface area is 122 Å². The van der Waals surface area contributed by atoms with Crippen molar-refractivity contribution in [3.8, 4) is 5.75 Å². The number of benzene rings is 1. The molecule has 0 unspecified atom stereocenters. The van der Waals surface area contributed by atoms with Crippen LogP contribution in [0.15, 0.2) is 24.3 Å². The van der Waals surface area contributed by atoms with Gasteiger partial charge in [0.1, 0.15) is 5.75 Å². The average molecular weight is 277 g/mol. The summed E-state index contributed by atoms with van der Waals surface area (Å²) >= 11 is 0. The van der Waals surface area contributed by atoms with E-state index >= 15 is 0 Å². The second-order valence-electron chi connectivity index (χ2n) is 6.18. The van der Waals surface area contributed by atoms with E-state index in [9.17, 15) is 0 Å². The minimum absolute atomic E-state index is 0.314. The van der Waals surface area contributed by atoms with Gasteiger partial charge >= 0.3 is 0 Å². The third-order valence-electron chi connectivity index (χ3n) is 4.15. The van der Waals surface area contributed by atoms with Crippen molar-refractivity contribution in [1.82, 2.24) is 5.32 Å². The smallest absolute Gasteiger partial charge is 0.119 e. The minimum atomic E-state index is 0.314. The van der Waals surface area contributed by atoms with Crippen LogP contribution in [0, 0.1) is 5.41 Å². The highest BCUT2D eigenvalue weighted by Gasteiger charge is 2.32. The lowest BCUT2D eigenvalue weighted by Crippen LogP contribution is -2.42. The third kappa shape index (κ3) is 4.22. The number of nitrogens with one attached hydrogen (secondary N) is 1. The van der Waals surface area contributed by atoms with Crippen LogP contribution < -0.4 is 10.1 Å². The van der Waals surface area contributed by atoms with E-state index in [1.807, 2.05) is 6.07 Å². The molecule has 20 heavy (non-hydrogen) atoms. The zero-order valence-corrected chi connectivity index (χ0v) is 12.9. The molecular formula is C17H27NO2. The van der Waals surface area contributed by atoms with Crippen LogP contribution in [-0.2, 0) is 11.2 Å². The maximum atomic E-state index is 5.56. The first-order valence-electron chi connectivity index (χ1n) is 7.58. The van der Waals surface area contributed by atoms with Gasteiger partial charge in [-0.2, -0.15) is 0 Å². The maximum Gasteiger partial charge on any atom is 0.119 e. The molecule has 0 amide bonds. The normalized spacial score (nSPS) is 18.2. The standard InChI is InChI=1S/C17H27NO2/c1-14(2)18-13-17(7-9-20-10-8-17)12-15-5-4-6-16(11-15)19-3/h4-6,11,14,18H,7-10,12-13H2,1-3H3. The van der Waals surface area contributed by atoms with Crippen molar-refractivity contribution in [3.63, 3.8) is 0 Å². The topological polar surface area (TPSA) is 30.5 Å². The Kier molecular flexibility index (Phi) is 5.44. The molecule has 3 heteroatoms. The number of hydrogen-bond donors (Lipinski definition) is 1. The van der Waals surface area contributed by atoms with Crippen molar-refractivity contribution in [2.45, 2.75) is 39.2 Å². The highest BCUT2D eigenvalue weighted by molar-refractivity contribution is 5.29. The maximum absolute atomic E-state index is 5.56. The molecule has 1 aliphatic rings. The predicted octanol–water partition coefficient (Wildman–Crippen LogP) is 3.03. The average Bonchev–Trinajstić information content (AvgIpc) is 2.46. The molecule has 1 N–H and O–H groups in total. The van der Waals surface area contributed by atoms with Crippen molar-refractivity contribution < 1.29 is 9.47 Å². The van der Waals surface area contributed by atoms with Crippen molar-refractivity contribution >= 4 is 0 Å². The molecule has 0 atom stereocenters. The summed E-state index contributed by atoms with van der Waals surface area (Å²) < 4.78 is 10.9. The molecule has 0 spiro atoms. The molecule has 2 rings (SSSR count). The van der Waals surface area contributed by atoms with Crippen LogP contribution in [0.1, 0.15) is 32.3 Å². The van der Waals surface area contributed by atoms with Crippen molar-refractivity contribution in [2.75, 3.05) is 26.9 Å². The van der Waals surface area contributed by atoms with Crippen LogP contribution >= 0.6 is 0 Å². The molecule has 1 aromatic rings. The molecule has 1 fully saturated rings. The lowest BCUT2D eigenvalue weighted by atomic mass is 9.75. The third-order valence-corrected chi connectivity index (χ3v) is 4.15. The monoisotopic (exact) mass is 277 g/mol. The second-order valence-corrected chi connectivity index (χ2v) is 6.18. The molecule has 1 aromatic carbocycles. The van der Waals surface area contributed by atoms with Gasteiger partial charge in [-0.1, -0.05) is 26.0 Å². The van der Waals surface area contributed by atoms with E-state index in [0.29, 0.717) is 11.5 Å². The zero-order chi connectivity index (χ0) is 14.4. The van der Waals surface area contributed by atoms with E-state index < -0.39 is 0 Å². The molecule has 112 valence electrons. The summed E-state index contributed by atoms with van der Waals surface area (Å²) in [5.41, 5.74) is 1.67.